The first kappa shape index (κ1) is 18.2. The van der Waals surface area contributed by atoms with Gasteiger partial charge in [-0.15, -0.1) is 0 Å². The highest BCUT2D eigenvalue weighted by molar-refractivity contribution is 5.93. The number of hydrogen-bond acceptors (Lipinski definition) is 5. The van der Waals surface area contributed by atoms with Crippen LogP contribution in [-0.4, -0.2) is 60.5 Å². The van der Waals surface area contributed by atoms with Gasteiger partial charge in [0.25, 0.3) is 5.91 Å². The van der Waals surface area contributed by atoms with Crippen molar-refractivity contribution in [3.05, 3.63) is 33.9 Å². The normalized spacial score (nSPS) is 26.8. The van der Waals surface area contributed by atoms with Crippen molar-refractivity contribution >= 4 is 11.8 Å². The average molecular weight is 374 g/mol. The number of nitrogens with zero attached hydrogens (tertiary/aromatic N) is 2. The highest BCUT2D eigenvalue weighted by Crippen LogP contribution is 2.41. The van der Waals surface area contributed by atoms with E-state index in [2.05, 4.69) is 0 Å². The second-order valence-electron chi connectivity index (χ2n) is 7.97. The molecule has 27 heavy (non-hydrogen) atoms. The van der Waals surface area contributed by atoms with Crippen molar-refractivity contribution in [2.45, 2.75) is 45.1 Å². The molecule has 0 radical (unpaired) electrons. The van der Waals surface area contributed by atoms with E-state index >= 15 is 0 Å². The van der Waals surface area contributed by atoms with Crippen LogP contribution in [0.4, 0.5) is 0 Å². The Hall–Kier alpha value is -2.15. The molecule has 1 aromatic rings. The zero-order chi connectivity index (χ0) is 19.0. The van der Waals surface area contributed by atoms with Crippen LogP contribution >= 0.6 is 0 Å². The lowest BCUT2D eigenvalue weighted by Crippen LogP contribution is -2.55. The van der Waals surface area contributed by atoms with Crippen molar-refractivity contribution in [2.24, 2.45) is 5.41 Å². The van der Waals surface area contributed by atoms with Crippen molar-refractivity contribution in [2.75, 3.05) is 32.8 Å². The van der Waals surface area contributed by atoms with E-state index in [9.17, 15) is 14.4 Å². The largest absolute Gasteiger partial charge is 0.456 e. The maximum absolute atomic E-state index is 13.3. The molecule has 7 heteroatoms. The molecule has 1 atom stereocenters. The predicted molar refractivity (Wildman–Crippen MR) is 97.5 cm³/mol. The Kier molecular flexibility index (Phi) is 4.80. The summed E-state index contributed by atoms with van der Waals surface area (Å²) in [6.07, 6.45) is 4.23. The third-order valence-corrected chi connectivity index (χ3v) is 6.14. The van der Waals surface area contributed by atoms with Crippen LogP contribution in [0.25, 0.3) is 0 Å². The summed E-state index contributed by atoms with van der Waals surface area (Å²) in [7, 11) is 0. The molecule has 3 aliphatic heterocycles. The Morgan fingerprint density at radius 3 is 2.67 bits per heavy atom. The Labute approximate surface area is 158 Å². The fourth-order valence-electron chi connectivity index (χ4n) is 4.74. The average Bonchev–Trinajstić information content (AvgIpc) is 3.08. The van der Waals surface area contributed by atoms with Gasteiger partial charge in [-0.2, -0.15) is 0 Å². The standard InChI is InChI=1S/C20H26N2O5/c1-14-11-16(23)12-17(27-14)18(24)21-8-6-20(13-21)5-2-7-22(19(20)25)15-3-9-26-10-4-15/h11-12,15H,2-10,13H2,1H3. The smallest absolute Gasteiger partial charge is 0.289 e. The van der Waals surface area contributed by atoms with Gasteiger partial charge in [-0.05, 0) is 39.0 Å². The maximum atomic E-state index is 13.3. The molecule has 146 valence electrons. The SMILES string of the molecule is Cc1cc(=O)cc(C(=O)N2CCC3(CCCN(C4CCOCC4)C3=O)C2)o1. The molecule has 0 aliphatic carbocycles. The highest BCUT2D eigenvalue weighted by Gasteiger charge is 2.50. The number of likely N-dealkylation sites (tertiary alicyclic amines) is 2. The molecule has 4 rings (SSSR count). The molecule has 0 N–H and O–H groups in total. The van der Waals surface area contributed by atoms with Crippen molar-refractivity contribution in [1.82, 2.24) is 9.80 Å². The number of carbonyl (C=O) groups excluding carboxylic acids is 2. The molecule has 0 saturated carbocycles. The molecule has 3 saturated heterocycles. The Balaban J connectivity index is 1.50. The van der Waals surface area contributed by atoms with Gasteiger partial charge in [-0.3, -0.25) is 14.4 Å². The third-order valence-electron chi connectivity index (χ3n) is 6.14. The molecule has 7 nitrogen and oxygen atoms in total. The fraction of sp³-hybridized carbons (Fsp3) is 0.650. The molecule has 1 aromatic heterocycles. The summed E-state index contributed by atoms with van der Waals surface area (Å²) in [5.74, 6) is 0.353. The van der Waals surface area contributed by atoms with E-state index in [-0.39, 0.29) is 29.0 Å². The van der Waals surface area contributed by atoms with E-state index < -0.39 is 5.41 Å². The molecule has 0 aromatic carbocycles. The Morgan fingerprint density at radius 2 is 1.93 bits per heavy atom. The second kappa shape index (κ2) is 7.11. The Morgan fingerprint density at radius 1 is 1.15 bits per heavy atom. The summed E-state index contributed by atoms with van der Waals surface area (Å²) in [5.41, 5.74) is -0.730. The number of rotatable bonds is 2. The topological polar surface area (TPSA) is 80.1 Å². The number of amides is 2. The quantitative estimate of drug-likeness (QED) is 0.785. The van der Waals surface area contributed by atoms with Crippen molar-refractivity contribution in [1.29, 1.82) is 0 Å². The van der Waals surface area contributed by atoms with E-state index in [0.29, 0.717) is 38.5 Å². The minimum absolute atomic E-state index is 0.0570. The molecular formula is C20H26N2O5. The first-order valence-corrected chi connectivity index (χ1v) is 9.78. The van der Waals surface area contributed by atoms with Crippen LogP contribution < -0.4 is 5.43 Å². The van der Waals surface area contributed by atoms with Crippen LogP contribution in [0.1, 0.15) is 48.4 Å². The summed E-state index contributed by atoms with van der Waals surface area (Å²) >= 11 is 0. The summed E-state index contributed by atoms with van der Waals surface area (Å²) in [5, 5.41) is 0. The van der Waals surface area contributed by atoms with Gasteiger partial charge in [0.1, 0.15) is 5.76 Å². The number of ether oxygens (including phenoxy) is 1. The van der Waals surface area contributed by atoms with Gasteiger partial charge < -0.3 is 19.0 Å². The van der Waals surface area contributed by atoms with Crippen LogP contribution in [0, 0.1) is 12.3 Å². The lowest BCUT2D eigenvalue weighted by molar-refractivity contribution is -0.150. The second-order valence-corrected chi connectivity index (χ2v) is 7.97. The van der Waals surface area contributed by atoms with Crippen LogP contribution in [0.15, 0.2) is 21.3 Å². The Bertz CT molecular complexity index is 798. The predicted octanol–water partition coefficient (Wildman–Crippen LogP) is 1.58. The number of carbonyl (C=O) groups is 2. The van der Waals surface area contributed by atoms with E-state index in [1.807, 2.05) is 4.90 Å². The number of aryl methyl sites for hydroxylation is 1. The van der Waals surface area contributed by atoms with Crippen molar-refractivity contribution in [3.63, 3.8) is 0 Å². The minimum atomic E-state index is -0.490. The summed E-state index contributed by atoms with van der Waals surface area (Å²) < 4.78 is 10.9. The first-order chi connectivity index (χ1) is 13.0. The van der Waals surface area contributed by atoms with Gasteiger partial charge in [-0.25, -0.2) is 0 Å². The zero-order valence-electron chi connectivity index (χ0n) is 15.7. The molecule has 0 bridgehead atoms. The minimum Gasteiger partial charge on any atom is -0.456 e. The van der Waals surface area contributed by atoms with Gasteiger partial charge in [0.15, 0.2) is 11.2 Å². The number of hydrogen-bond donors (Lipinski definition) is 0. The zero-order valence-corrected chi connectivity index (χ0v) is 15.7. The summed E-state index contributed by atoms with van der Waals surface area (Å²) in [4.78, 5) is 41.6. The fourth-order valence-corrected chi connectivity index (χ4v) is 4.74. The van der Waals surface area contributed by atoms with Crippen LogP contribution in [0.3, 0.4) is 0 Å². The molecule has 4 heterocycles. The van der Waals surface area contributed by atoms with Crippen LogP contribution in [0.2, 0.25) is 0 Å². The summed E-state index contributed by atoms with van der Waals surface area (Å²) in [6.45, 7) is 4.79. The number of piperidine rings is 1. The lowest BCUT2D eigenvalue weighted by Gasteiger charge is -2.44. The van der Waals surface area contributed by atoms with Gasteiger partial charge >= 0.3 is 0 Å². The van der Waals surface area contributed by atoms with Gasteiger partial charge in [-0.1, -0.05) is 0 Å². The first-order valence-electron chi connectivity index (χ1n) is 9.78. The van der Waals surface area contributed by atoms with Crippen molar-refractivity contribution < 1.29 is 18.7 Å². The van der Waals surface area contributed by atoms with Crippen LogP contribution in [-0.2, 0) is 9.53 Å². The van der Waals surface area contributed by atoms with Gasteiger partial charge in [0.2, 0.25) is 5.91 Å². The van der Waals surface area contributed by atoms with E-state index in [1.54, 1.807) is 11.8 Å². The molecule has 1 unspecified atom stereocenters. The third kappa shape index (κ3) is 3.40. The maximum Gasteiger partial charge on any atom is 0.289 e. The van der Waals surface area contributed by atoms with E-state index in [0.717, 1.165) is 32.2 Å². The lowest BCUT2D eigenvalue weighted by atomic mass is 9.77. The van der Waals surface area contributed by atoms with Gasteiger partial charge in [0, 0.05) is 51.0 Å². The van der Waals surface area contributed by atoms with Crippen molar-refractivity contribution in [3.8, 4) is 0 Å². The molecule has 1 spiro atoms. The van der Waals surface area contributed by atoms with E-state index in [4.69, 9.17) is 9.15 Å². The van der Waals surface area contributed by atoms with E-state index in [1.165, 1.54) is 12.1 Å². The highest BCUT2D eigenvalue weighted by atomic mass is 16.5. The van der Waals surface area contributed by atoms with Crippen LogP contribution in [0.5, 0.6) is 0 Å². The molecule has 3 fully saturated rings. The summed E-state index contributed by atoms with van der Waals surface area (Å²) in [6, 6.07) is 2.85. The van der Waals surface area contributed by atoms with Gasteiger partial charge in [0.05, 0.1) is 5.41 Å². The molecule has 2 amide bonds. The monoisotopic (exact) mass is 374 g/mol. The molecule has 3 aliphatic rings. The molecular weight excluding hydrogens is 348 g/mol.